The maximum atomic E-state index is 13.8. The summed E-state index contributed by atoms with van der Waals surface area (Å²) in [4.78, 5) is 3.84. The molecule has 0 saturated heterocycles. The van der Waals surface area contributed by atoms with Crippen LogP contribution in [0.25, 0.3) is 0 Å². The molecule has 7 heteroatoms. The number of nitrogens with one attached hydrogen (secondary N) is 2. The lowest BCUT2D eigenvalue weighted by Crippen LogP contribution is -2.07. The average Bonchev–Trinajstić information content (AvgIpc) is 2.41. The number of halogens is 4. The van der Waals surface area contributed by atoms with Crippen molar-refractivity contribution in [1.29, 1.82) is 0 Å². The lowest BCUT2D eigenvalue weighted by molar-refractivity contribution is 0.579. The van der Waals surface area contributed by atoms with E-state index in [2.05, 4.69) is 31.5 Å². The minimum atomic E-state index is -0.850. The highest BCUT2D eigenvalue weighted by molar-refractivity contribution is 9.10. The van der Waals surface area contributed by atoms with E-state index in [0.29, 0.717) is 22.3 Å². The van der Waals surface area contributed by atoms with E-state index in [-0.39, 0.29) is 11.6 Å². The van der Waals surface area contributed by atoms with Gasteiger partial charge < -0.3 is 10.6 Å². The zero-order valence-corrected chi connectivity index (χ0v) is 13.0. The average molecular weight is 360 g/mol. The van der Waals surface area contributed by atoms with E-state index in [1.807, 2.05) is 0 Å². The van der Waals surface area contributed by atoms with Crippen LogP contribution >= 0.6 is 15.9 Å². The lowest BCUT2D eigenvalue weighted by atomic mass is 10.2. The van der Waals surface area contributed by atoms with Crippen molar-refractivity contribution < 1.29 is 13.2 Å². The van der Waals surface area contributed by atoms with Gasteiger partial charge in [-0.3, -0.25) is 0 Å². The molecule has 1 aromatic heterocycles. The molecule has 21 heavy (non-hydrogen) atoms. The van der Waals surface area contributed by atoms with Crippen molar-refractivity contribution in [2.75, 3.05) is 17.2 Å². The molecule has 3 nitrogen and oxygen atoms in total. The molecule has 2 rings (SSSR count). The largest absolute Gasteiger partial charge is 0.368 e. The quantitative estimate of drug-likeness (QED) is 0.827. The highest BCUT2D eigenvalue weighted by Crippen LogP contribution is 2.28. The molecule has 0 aliphatic heterocycles. The smallest absolute Gasteiger partial charge is 0.169 e. The fourth-order valence-corrected chi connectivity index (χ4v) is 2.21. The van der Waals surface area contributed by atoms with E-state index in [1.165, 1.54) is 6.07 Å². The van der Waals surface area contributed by atoms with Crippen molar-refractivity contribution >= 4 is 33.3 Å². The zero-order valence-electron chi connectivity index (χ0n) is 11.4. The van der Waals surface area contributed by atoms with Crippen molar-refractivity contribution in [1.82, 2.24) is 4.98 Å². The first-order chi connectivity index (χ1) is 9.92. The molecule has 0 bridgehead atoms. The summed E-state index contributed by atoms with van der Waals surface area (Å²) in [5, 5.41) is 5.37. The number of pyridine rings is 1. The van der Waals surface area contributed by atoms with Crippen LogP contribution in [0.4, 0.5) is 30.5 Å². The van der Waals surface area contributed by atoms with Gasteiger partial charge in [0.1, 0.15) is 5.82 Å². The van der Waals surface area contributed by atoms with E-state index in [4.69, 9.17) is 0 Å². The van der Waals surface area contributed by atoms with Gasteiger partial charge in [-0.05, 0) is 47.5 Å². The molecular weight excluding hydrogens is 347 g/mol. The molecule has 1 heterocycles. The molecule has 1 aromatic carbocycles. The number of rotatable bonds is 4. The van der Waals surface area contributed by atoms with Crippen LogP contribution in [0.15, 0.2) is 22.7 Å². The van der Waals surface area contributed by atoms with Crippen LogP contribution in [-0.4, -0.2) is 11.5 Å². The Kier molecular flexibility index (Phi) is 4.72. The summed E-state index contributed by atoms with van der Waals surface area (Å²) in [6, 6.07) is 3.51. The predicted octanol–water partition coefficient (Wildman–Crippen LogP) is 4.75. The molecule has 0 aliphatic rings. The molecule has 0 unspecified atom stereocenters. The van der Waals surface area contributed by atoms with Gasteiger partial charge in [0, 0.05) is 18.3 Å². The van der Waals surface area contributed by atoms with Crippen LogP contribution in [0.1, 0.15) is 12.5 Å². The van der Waals surface area contributed by atoms with E-state index >= 15 is 0 Å². The molecule has 2 N–H and O–H groups in total. The summed E-state index contributed by atoms with van der Waals surface area (Å²) in [6.07, 6.45) is 0. The van der Waals surface area contributed by atoms with Crippen LogP contribution < -0.4 is 10.6 Å². The van der Waals surface area contributed by atoms with Crippen molar-refractivity contribution in [3.05, 3.63) is 45.7 Å². The predicted molar refractivity (Wildman–Crippen MR) is 80.4 cm³/mol. The third-order valence-corrected chi connectivity index (χ3v) is 3.40. The summed E-state index contributed by atoms with van der Waals surface area (Å²) < 4.78 is 41.1. The van der Waals surface area contributed by atoms with Crippen molar-refractivity contribution in [3.8, 4) is 0 Å². The summed E-state index contributed by atoms with van der Waals surface area (Å²) in [6.45, 7) is 3.95. The van der Waals surface area contributed by atoms with Crippen LogP contribution in [0, 0.1) is 24.4 Å². The second-order valence-electron chi connectivity index (χ2n) is 4.39. The van der Waals surface area contributed by atoms with Gasteiger partial charge in [-0.25, -0.2) is 18.2 Å². The minimum Gasteiger partial charge on any atom is -0.368 e. The Labute approximate surface area is 128 Å². The normalized spacial score (nSPS) is 10.6. The molecule has 2 aromatic rings. The molecule has 0 atom stereocenters. The van der Waals surface area contributed by atoms with Crippen LogP contribution in [0.5, 0.6) is 0 Å². The number of hydrogen-bond acceptors (Lipinski definition) is 3. The van der Waals surface area contributed by atoms with E-state index in [9.17, 15) is 13.2 Å². The number of anilines is 3. The van der Waals surface area contributed by atoms with Gasteiger partial charge in [-0.15, -0.1) is 0 Å². The molecule has 0 fully saturated rings. The lowest BCUT2D eigenvalue weighted by Gasteiger charge is -2.12. The van der Waals surface area contributed by atoms with Crippen LogP contribution in [-0.2, 0) is 0 Å². The topological polar surface area (TPSA) is 37.0 Å². The minimum absolute atomic E-state index is 0.0587. The van der Waals surface area contributed by atoms with Crippen LogP contribution in [0.2, 0.25) is 0 Å². The Morgan fingerprint density at radius 3 is 2.38 bits per heavy atom. The van der Waals surface area contributed by atoms with E-state index in [0.717, 1.165) is 6.07 Å². The first-order valence-electron chi connectivity index (χ1n) is 6.25. The first-order valence-corrected chi connectivity index (χ1v) is 7.04. The van der Waals surface area contributed by atoms with Gasteiger partial charge in [-0.2, -0.15) is 0 Å². The number of nitrogens with zero attached hydrogens (tertiary/aromatic N) is 1. The SMILES string of the molecule is CCNc1nc(Nc2cc(F)c(Br)cc2C)c(F)cc1F. The maximum absolute atomic E-state index is 13.8. The summed E-state index contributed by atoms with van der Waals surface area (Å²) in [5.41, 5.74) is 1.05. The highest BCUT2D eigenvalue weighted by atomic mass is 79.9. The molecule has 0 aliphatic carbocycles. The fourth-order valence-electron chi connectivity index (χ4n) is 1.75. The Morgan fingerprint density at radius 2 is 1.71 bits per heavy atom. The van der Waals surface area contributed by atoms with Crippen molar-refractivity contribution in [2.45, 2.75) is 13.8 Å². The molecule has 0 amide bonds. The number of aromatic nitrogens is 1. The summed E-state index contributed by atoms with van der Waals surface area (Å²) >= 11 is 3.07. The molecule has 0 saturated carbocycles. The maximum Gasteiger partial charge on any atom is 0.169 e. The molecule has 0 spiro atoms. The standard InChI is InChI=1S/C14H13BrF3N3/c1-3-19-13-10(17)5-11(18)14(21-13)20-12-6-9(16)8(15)4-7(12)2/h4-6H,3H2,1-2H3,(H2,19,20,21). The number of benzene rings is 1. The van der Waals surface area contributed by atoms with Gasteiger partial charge in [0.2, 0.25) is 0 Å². The Hall–Kier alpha value is -1.76. The summed E-state index contributed by atoms with van der Waals surface area (Å²) in [5.74, 6) is -2.35. The Bertz CT molecular complexity index is 677. The second-order valence-corrected chi connectivity index (χ2v) is 5.24. The molecule has 112 valence electrons. The third kappa shape index (κ3) is 3.47. The van der Waals surface area contributed by atoms with Crippen LogP contribution in [0.3, 0.4) is 0 Å². The van der Waals surface area contributed by atoms with Gasteiger partial charge in [0.05, 0.1) is 4.47 Å². The first kappa shape index (κ1) is 15.6. The Morgan fingerprint density at radius 1 is 1.05 bits per heavy atom. The highest BCUT2D eigenvalue weighted by Gasteiger charge is 2.13. The molecular formula is C14H13BrF3N3. The van der Waals surface area contributed by atoms with Gasteiger partial charge in [0.25, 0.3) is 0 Å². The zero-order chi connectivity index (χ0) is 15.6. The summed E-state index contributed by atoms with van der Waals surface area (Å²) in [7, 11) is 0. The second kappa shape index (κ2) is 6.34. The molecule has 0 radical (unpaired) electrons. The van der Waals surface area contributed by atoms with Gasteiger partial charge in [-0.1, -0.05) is 0 Å². The third-order valence-electron chi connectivity index (χ3n) is 2.79. The number of hydrogen-bond donors (Lipinski definition) is 2. The van der Waals surface area contributed by atoms with Gasteiger partial charge >= 0.3 is 0 Å². The number of aryl methyl sites for hydroxylation is 1. The van der Waals surface area contributed by atoms with E-state index in [1.54, 1.807) is 19.9 Å². The monoisotopic (exact) mass is 359 g/mol. The fraction of sp³-hybridized carbons (Fsp3) is 0.214. The van der Waals surface area contributed by atoms with Crippen molar-refractivity contribution in [3.63, 3.8) is 0 Å². The van der Waals surface area contributed by atoms with Gasteiger partial charge in [0.15, 0.2) is 23.3 Å². The van der Waals surface area contributed by atoms with E-state index < -0.39 is 17.5 Å². The Balaban J connectivity index is 2.39. The van der Waals surface area contributed by atoms with Crippen molar-refractivity contribution in [2.24, 2.45) is 0 Å².